The van der Waals surface area contributed by atoms with Gasteiger partial charge in [0.05, 0.1) is 12.7 Å². The fraction of sp³-hybridized carbons (Fsp3) is 0.273. The highest BCUT2D eigenvalue weighted by atomic mass is 16.5. The summed E-state index contributed by atoms with van der Waals surface area (Å²) in [6, 6.07) is 19.1. The number of ether oxygens (including phenoxy) is 1. The van der Waals surface area contributed by atoms with Crippen LogP contribution < -0.4 is 4.74 Å². The van der Waals surface area contributed by atoms with Crippen LogP contribution in [-0.4, -0.2) is 17.8 Å². The monoisotopic (exact) mass is 316 g/mol. The van der Waals surface area contributed by atoms with E-state index in [2.05, 4.69) is 66.7 Å². The first kappa shape index (κ1) is 14.1. The van der Waals surface area contributed by atoms with Gasteiger partial charge in [0, 0.05) is 23.1 Å². The molecule has 4 atom stereocenters. The van der Waals surface area contributed by atoms with Crippen LogP contribution in [0.2, 0.25) is 0 Å². The summed E-state index contributed by atoms with van der Waals surface area (Å²) >= 11 is 0. The molecule has 2 aliphatic carbocycles. The lowest BCUT2D eigenvalue weighted by molar-refractivity contribution is 0.121. The number of rotatable bonds is 3. The smallest absolute Gasteiger partial charge is 0.127 e. The Morgan fingerprint density at radius 3 is 2.46 bits per heavy atom. The highest BCUT2D eigenvalue weighted by Gasteiger charge is 2.43. The molecule has 2 bridgehead atoms. The van der Waals surface area contributed by atoms with Gasteiger partial charge in [-0.2, -0.15) is 0 Å². The topological polar surface area (TPSA) is 29.5 Å². The molecular formula is C22H20O2. The van der Waals surface area contributed by atoms with Crippen molar-refractivity contribution in [2.24, 2.45) is 17.8 Å². The molecule has 24 heavy (non-hydrogen) atoms. The van der Waals surface area contributed by atoms with Gasteiger partial charge < -0.3 is 9.84 Å². The van der Waals surface area contributed by atoms with Crippen molar-refractivity contribution in [1.29, 1.82) is 0 Å². The van der Waals surface area contributed by atoms with Gasteiger partial charge in [-0.1, -0.05) is 48.6 Å². The average molecular weight is 316 g/mol. The molecule has 0 heterocycles. The quantitative estimate of drug-likeness (QED) is 0.567. The van der Waals surface area contributed by atoms with E-state index in [1.807, 2.05) is 0 Å². The lowest BCUT2D eigenvalue weighted by Gasteiger charge is -2.19. The maximum Gasteiger partial charge on any atom is 0.127 e. The number of aliphatic hydroxyl groups is 1. The van der Waals surface area contributed by atoms with Crippen LogP contribution in [0.5, 0.6) is 5.75 Å². The SMILES string of the molecule is OC1C2C=CC1C(COc1cccc3cc4ccccc4cc13)C2. The third-order valence-corrected chi connectivity index (χ3v) is 5.69. The lowest BCUT2D eigenvalue weighted by Crippen LogP contribution is -2.20. The predicted molar refractivity (Wildman–Crippen MR) is 97.2 cm³/mol. The maximum atomic E-state index is 10.2. The average Bonchev–Trinajstić information content (AvgIpc) is 3.12. The predicted octanol–water partition coefficient (Wildman–Crippen LogP) is 4.55. The molecule has 0 radical (unpaired) electrons. The molecule has 2 aliphatic rings. The van der Waals surface area contributed by atoms with Crippen molar-refractivity contribution in [3.63, 3.8) is 0 Å². The van der Waals surface area contributed by atoms with Gasteiger partial charge >= 0.3 is 0 Å². The van der Waals surface area contributed by atoms with Gasteiger partial charge in [0.15, 0.2) is 0 Å². The molecule has 1 N–H and O–H groups in total. The van der Waals surface area contributed by atoms with E-state index < -0.39 is 0 Å². The Balaban J connectivity index is 1.46. The first-order valence-electron chi connectivity index (χ1n) is 8.70. The van der Waals surface area contributed by atoms with E-state index in [1.165, 1.54) is 16.2 Å². The van der Waals surface area contributed by atoms with E-state index in [-0.39, 0.29) is 12.0 Å². The summed E-state index contributed by atoms with van der Waals surface area (Å²) in [6.07, 6.45) is 5.17. The number of hydrogen-bond donors (Lipinski definition) is 1. The fourth-order valence-corrected chi connectivity index (χ4v) is 4.38. The van der Waals surface area contributed by atoms with E-state index in [0.29, 0.717) is 18.4 Å². The van der Waals surface area contributed by atoms with Crippen LogP contribution in [0.1, 0.15) is 6.42 Å². The highest BCUT2D eigenvalue weighted by molar-refractivity contribution is 6.00. The van der Waals surface area contributed by atoms with E-state index in [4.69, 9.17) is 4.74 Å². The molecule has 3 aromatic rings. The van der Waals surface area contributed by atoms with Crippen LogP contribution in [0.25, 0.3) is 21.5 Å². The number of benzene rings is 3. The highest BCUT2D eigenvalue weighted by Crippen LogP contribution is 2.44. The van der Waals surface area contributed by atoms with Crippen molar-refractivity contribution >= 4 is 21.5 Å². The summed E-state index contributed by atoms with van der Waals surface area (Å²) in [4.78, 5) is 0. The van der Waals surface area contributed by atoms with Crippen LogP contribution in [0, 0.1) is 17.8 Å². The molecule has 5 rings (SSSR count). The Bertz CT molecular complexity index is 943. The van der Waals surface area contributed by atoms with Gasteiger partial charge in [0.1, 0.15) is 5.75 Å². The summed E-state index contributed by atoms with van der Waals surface area (Å²) in [6.45, 7) is 0.675. The van der Waals surface area contributed by atoms with Crippen molar-refractivity contribution in [2.75, 3.05) is 6.61 Å². The lowest BCUT2D eigenvalue weighted by atomic mass is 9.94. The van der Waals surface area contributed by atoms with Gasteiger partial charge in [-0.05, 0) is 40.8 Å². The number of fused-ring (bicyclic) bond motifs is 4. The molecule has 0 spiro atoms. The Morgan fingerprint density at radius 2 is 1.71 bits per heavy atom. The minimum Gasteiger partial charge on any atom is -0.493 e. The van der Waals surface area contributed by atoms with Crippen LogP contribution >= 0.6 is 0 Å². The van der Waals surface area contributed by atoms with Gasteiger partial charge in [-0.3, -0.25) is 0 Å². The van der Waals surface area contributed by atoms with E-state index >= 15 is 0 Å². The zero-order chi connectivity index (χ0) is 16.1. The van der Waals surface area contributed by atoms with Gasteiger partial charge in [-0.25, -0.2) is 0 Å². The van der Waals surface area contributed by atoms with Crippen LogP contribution in [0.3, 0.4) is 0 Å². The molecule has 3 aromatic carbocycles. The second kappa shape index (κ2) is 5.35. The molecule has 0 amide bonds. The molecular weight excluding hydrogens is 296 g/mol. The standard InChI is InChI=1S/C22H20O2/c23-22-17-8-9-19(22)18(11-17)13-24-21-7-3-6-16-10-14-4-1-2-5-15(14)12-20(16)21/h1-10,12,17-19,22-23H,11,13H2. The molecule has 1 saturated carbocycles. The number of aliphatic hydroxyl groups excluding tert-OH is 1. The van der Waals surface area contributed by atoms with Crippen LogP contribution in [0.15, 0.2) is 66.7 Å². The molecule has 0 saturated heterocycles. The molecule has 120 valence electrons. The Morgan fingerprint density at radius 1 is 0.917 bits per heavy atom. The van der Waals surface area contributed by atoms with Crippen molar-refractivity contribution in [3.05, 3.63) is 66.7 Å². The number of hydrogen-bond acceptors (Lipinski definition) is 2. The Labute approximate surface area is 141 Å². The van der Waals surface area contributed by atoms with Gasteiger partial charge in [0.2, 0.25) is 0 Å². The van der Waals surface area contributed by atoms with Crippen molar-refractivity contribution < 1.29 is 9.84 Å². The third kappa shape index (κ3) is 2.14. The normalized spacial score (nSPS) is 28.0. The molecule has 2 nitrogen and oxygen atoms in total. The Hall–Kier alpha value is -2.32. The summed E-state index contributed by atoms with van der Waals surface area (Å²) in [5.41, 5.74) is 0. The molecule has 4 unspecified atom stereocenters. The van der Waals surface area contributed by atoms with Gasteiger partial charge in [-0.15, -0.1) is 0 Å². The molecule has 0 aromatic heterocycles. The first-order valence-corrected chi connectivity index (χ1v) is 8.70. The molecule has 2 heteroatoms. The third-order valence-electron chi connectivity index (χ3n) is 5.69. The van der Waals surface area contributed by atoms with E-state index in [1.54, 1.807) is 0 Å². The van der Waals surface area contributed by atoms with Crippen LogP contribution in [0.4, 0.5) is 0 Å². The zero-order valence-electron chi connectivity index (χ0n) is 13.4. The fourth-order valence-electron chi connectivity index (χ4n) is 4.38. The Kier molecular flexibility index (Phi) is 3.14. The van der Waals surface area contributed by atoms with Crippen molar-refractivity contribution in [1.82, 2.24) is 0 Å². The van der Waals surface area contributed by atoms with Crippen molar-refractivity contribution in [3.8, 4) is 5.75 Å². The minimum atomic E-state index is -0.199. The largest absolute Gasteiger partial charge is 0.493 e. The second-order valence-corrected chi connectivity index (χ2v) is 7.10. The first-order chi connectivity index (χ1) is 11.8. The maximum absolute atomic E-state index is 10.2. The van der Waals surface area contributed by atoms with Crippen molar-refractivity contribution in [2.45, 2.75) is 12.5 Å². The molecule has 1 fully saturated rings. The van der Waals surface area contributed by atoms with Gasteiger partial charge in [0.25, 0.3) is 0 Å². The zero-order valence-corrected chi connectivity index (χ0v) is 13.4. The summed E-state index contributed by atoms with van der Waals surface area (Å²) < 4.78 is 6.21. The molecule has 0 aliphatic heterocycles. The minimum absolute atomic E-state index is 0.199. The summed E-state index contributed by atoms with van der Waals surface area (Å²) in [7, 11) is 0. The van der Waals surface area contributed by atoms with E-state index in [0.717, 1.165) is 17.6 Å². The van der Waals surface area contributed by atoms with Crippen LogP contribution in [-0.2, 0) is 0 Å². The summed E-state index contributed by atoms with van der Waals surface area (Å²) in [5, 5.41) is 15.0. The summed E-state index contributed by atoms with van der Waals surface area (Å²) in [5.74, 6) is 1.97. The van der Waals surface area contributed by atoms with E-state index in [9.17, 15) is 5.11 Å². The second-order valence-electron chi connectivity index (χ2n) is 7.10.